The molecule has 0 spiro atoms. The van der Waals surface area contributed by atoms with Gasteiger partial charge in [-0.15, -0.1) is 0 Å². The number of rotatable bonds is 13. The molecule has 8 heteroatoms. The van der Waals surface area contributed by atoms with Crippen molar-refractivity contribution in [1.82, 2.24) is 18.3 Å². The quantitative estimate of drug-likeness (QED) is 0.115. The molecule has 6 heterocycles. The number of ether oxygens (including phenoxy) is 2. The maximum Gasteiger partial charge on any atom is 0.135 e. The molecular weight excluding hydrogens is 1630 g/mol. The van der Waals surface area contributed by atoms with Crippen LogP contribution in [-0.2, 0) is 0 Å². The molecule has 8 nitrogen and oxygen atoms in total. The zero-order valence-electron chi connectivity index (χ0n) is 72.8. The molecule has 134 heavy (non-hydrogen) atoms. The third-order valence-corrected chi connectivity index (χ3v) is 27.0. The smallest absolute Gasteiger partial charge is 0.135 e. The van der Waals surface area contributed by atoms with Crippen LogP contribution in [0.1, 0.15) is 0 Å². The summed E-state index contributed by atoms with van der Waals surface area (Å²) in [5, 5.41) is 9.80. The summed E-state index contributed by atoms with van der Waals surface area (Å²) in [4.78, 5) is 4.79. The van der Waals surface area contributed by atoms with Gasteiger partial charge in [0.15, 0.2) is 0 Å². The summed E-state index contributed by atoms with van der Waals surface area (Å²) < 4.78 is 22.6. The predicted molar refractivity (Wildman–Crippen MR) is 558 cm³/mol. The third kappa shape index (κ3) is 13.1. The lowest BCUT2D eigenvalue weighted by atomic mass is 9.91. The summed E-state index contributed by atoms with van der Waals surface area (Å²) in [5.74, 6) is 3.44. The van der Waals surface area contributed by atoms with Crippen LogP contribution >= 0.6 is 0 Å². The van der Waals surface area contributed by atoms with Crippen molar-refractivity contribution in [2.45, 2.75) is 0 Å². The largest absolute Gasteiger partial charge is 0.456 e. The topological polar surface area (TPSA) is 44.7 Å². The van der Waals surface area contributed by atoms with Crippen molar-refractivity contribution < 1.29 is 9.47 Å². The Bertz CT molecular complexity index is 8920. The van der Waals surface area contributed by atoms with Gasteiger partial charge in [0.05, 0.1) is 44.1 Å². The van der Waals surface area contributed by atoms with Gasteiger partial charge in [-0.3, -0.25) is 0 Å². The minimum Gasteiger partial charge on any atom is -0.456 e. The second-order valence-electron chi connectivity index (χ2n) is 34.6. The van der Waals surface area contributed by atoms with Gasteiger partial charge in [-0.2, -0.15) is 0 Å². The number of aromatic nitrogens is 4. The summed E-state index contributed by atoms with van der Waals surface area (Å²) in [7, 11) is 0. The molecule has 0 bridgehead atoms. The summed E-state index contributed by atoms with van der Waals surface area (Å²) in [6.07, 6.45) is 0. The fourth-order valence-electron chi connectivity index (χ4n) is 20.9. The molecule has 0 N–H and O–H groups in total. The molecule has 0 unspecified atom stereocenters. The molecule has 25 aromatic rings. The summed E-state index contributed by atoms with van der Waals surface area (Å²) in [6.45, 7) is 0. The van der Waals surface area contributed by atoms with E-state index < -0.39 is 0 Å². The normalized spacial score (nSPS) is 11.9. The van der Waals surface area contributed by atoms with Gasteiger partial charge in [0.25, 0.3) is 0 Å². The van der Waals surface area contributed by atoms with Crippen LogP contribution in [-0.4, -0.2) is 18.3 Å². The van der Waals surface area contributed by atoms with Gasteiger partial charge in [-0.1, -0.05) is 285 Å². The van der Waals surface area contributed by atoms with Crippen molar-refractivity contribution in [3.05, 3.63) is 497 Å². The Morgan fingerprint density at radius 2 is 0.358 bits per heavy atom. The first-order chi connectivity index (χ1) is 66.5. The first kappa shape index (κ1) is 77.2. The van der Waals surface area contributed by atoms with E-state index in [0.717, 1.165) is 141 Å². The fraction of sp³-hybridized carbons (Fsp3) is 0. The summed E-state index contributed by atoms with van der Waals surface area (Å²) in [6, 6.07) is 179. The summed E-state index contributed by atoms with van der Waals surface area (Å²) in [5.41, 5.74) is 36.4. The number of hydrogen-bond donors (Lipinski definition) is 0. The monoisotopic (exact) mass is 1710 g/mol. The van der Waals surface area contributed by atoms with Crippen LogP contribution in [0.25, 0.3) is 188 Å². The molecule has 27 rings (SSSR count). The standard InChI is InChI=1S/C66H43N3O.C60H39N3O/c1-3-15-48(16-4-1)68-61-23-11-7-19-54(61)59-42-47(32-39-63(59)68)45-29-35-51(36-30-45)67(52-37-40-64-60(43-52)55-20-8-12-24-62(55)69(64)49-17-5-2-6-18-49)50-33-27-44(28-34-50)46-31-38-53-56-21-9-13-25-65(56)70-66-26-14-10-22-57(66)58(53)41-46;1-3-15-42(16-4-1)62-55-23-11-7-19-48(55)53-37-41(29-35-57(53)62)40-27-30-44(31-28-40)61(45-32-34-47-50-21-9-13-25-59(50)64-60-26-14-10-22-51(60)52(47)38-45)46-33-36-58-54(39-46)49-20-8-12-24-56(49)63(58)43-17-5-2-6-18-43/h1-43H;1-39H. The van der Waals surface area contributed by atoms with Gasteiger partial charge in [-0.25, -0.2) is 0 Å². The van der Waals surface area contributed by atoms with E-state index in [2.05, 4.69) is 501 Å². The van der Waals surface area contributed by atoms with E-state index in [-0.39, 0.29) is 0 Å². The first-order valence-corrected chi connectivity index (χ1v) is 45.7. The molecule has 0 saturated carbocycles. The Hall–Kier alpha value is -18.0. The second-order valence-corrected chi connectivity index (χ2v) is 34.6. The molecule has 21 aromatic carbocycles. The van der Waals surface area contributed by atoms with Crippen molar-refractivity contribution in [3.63, 3.8) is 0 Å². The average molecular weight is 1710 g/mol. The highest BCUT2D eigenvalue weighted by Crippen LogP contribution is 2.53. The number of para-hydroxylation sites is 12. The lowest BCUT2D eigenvalue weighted by Crippen LogP contribution is -2.10. The fourth-order valence-corrected chi connectivity index (χ4v) is 20.9. The average Bonchev–Trinajstić information content (AvgIpc) is 1.56. The van der Waals surface area contributed by atoms with Gasteiger partial charge in [0.2, 0.25) is 0 Å². The first-order valence-electron chi connectivity index (χ1n) is 45.7. The maximum absolute atomic E-state index is 6.59. The predicted octanol–water partition coefficient (Wildman–Crippen LogP) is 34.6. The molecule has 0 saturated heterocycles. The minimum absolute atomic E-state index is 0.848. The van der Waals surface area contributed by atoms with Crippen LogP contribution in [0.3, 0.4) is 0 Å². The SMILES string of the molecule is c1ccc(-n2c3ccccc3c3cc(-c4ccc(N(c5ccc(-c6ccc7c(c6)-c6ccccc6Oc6ccccc6-7)cc5)c5ccc6c(c5)c5ccccc5n6-c5ccccc5)cc4)ccc32)cc1.c1ccc(-n2c3ccccc3c3cc(-c4ccc(N(c5ccc6c(c5)-c5ccccc5Oc5ccccc5-6)c5ccc6c(c5)c5ccccc5n6-c5ccccc5)cc4)ccc32)cc1. The Balaban J connectivity index is 0.000000140. The molecule has 0 radical (unpaired) electrons. The molecule has 0 atom stereocenters. The minimum atomic E-state index is 0.848. The number of nitrogens with zero attached hydrogens (tertiary/aromatic N) is 6. The van der Waals surface area contributed by atoms with Gasteiger partial charge < -0.3 is 37.5 Å². The maximum atomic E-state index is 6.59. The van der Waals surface area contributed by atoms with E-state index in [1.54, 1.807) is 0 Å². The van der Waals surface area contributed by atoms with E-state index in [4.69, 9.17) is 9.47 Å². The highest BCUT2D eigenvalue weighted by Gasteiger charge is 2.28. The number of hydrogen-bond acceptors (Lipinski definition) is 4. The van der Waals surface area contributed by atoms with Crippen LogP contribution in [0.2, 0.25) is 0 Å². The molecule has 4 aromatic heterocycles. The van der Waals surface area contributed by atoms with E-state index in [1.165, 1.54) is 104 Å². The van der Waals surface area contributed by atoms with E-state index in [0.29, 0.717) is 0 Å². The molecular formula is C126H82N6O2. The van der Waals surface area contributed by atoms with Gasteiger partial charge in [0.1, 0.15) is 23.0 Å². The van der Waals surface area contributed by atoms with Crippen LogP contribution in [0.4, 0.5) is 34.1 Å². The van der Waals surface area contributed by atoms with Crippen molar-refractivity contribution in [2.75, 3.05) is 9.80 Å². The van der Waals surface area contributed by atoms with E-state index in [9.17, 15) is 0 Å². The summed E-state index contributed by atoms with van der Waals surface area (Å²) >= 11 is 0. The zero-order chi connectivity index (χ0) is 88.3. The lowest BCUT2D eigenvalue weighted by molar-refractivity contribution is 0.487. The van der Waals surface area contributed by atoms with Crippen LogP contribution < -0.4 is 19.3 Å². The molecule has 0 aliphatic carbocycles. The highest BCUT2D eigenvalue weighted by atomic mass is 16.5. The van der Waals surface area contributed by atoms with Crippen LogP contribution in [0.15, 0.2) is 497 Å². The lowest BCUT2D eigenvalue weighted by Gasteiger charge is -2.27. The van der Waals surface area contributed by atoms with Crippen LogP contribution in [0.5, 0.6) is 23.0 Å². The van der Waals surface area contributed by atoms with Crippen molar-refractivity contribution in [2.24, 2.45) is 0 Å². The molecule has 2 aliphatic heterocycles. The number of fused-ring (bicyclic) bond motifs is 22. The molecule has 2 aliphatic rings. The second kappa shape index (κ2) is 32.0. The Morgan fingerprint density at radius 3 is 0.709 bits per heavy atom. The molecule has 628 valence electrons. The van der Waals surface area contributed by atoms with Crippen molar-refractivity contribution >= 4 is 121 Å². The highest BCUT2D eigenvalue weighted by molar-refractivity contribution is 6.15. The third-order valence-electron chi connectivity index (χ3n) is 27.0. The number of anilines is 6. The van der Waals surface area contributed by atoms with Gasteiger partial charge in [0, 0.05) is 122 Å². The van der Waals surface area contributed by atoms with E-state index >= 15 is 0 Å². The Morgan fingerprint density at radius 1 is 0.134 bits per heavy atom. The number of benzene rings is 21. The Labute approximate surface area is 774 Å². The van der Waals surface area contributed by atoms with Crippen molar-refractivity contribution in [1.29, 1.82) is 0 Å². The van der Waals surface area contributed by atoms with Gasteiger partial charge in [-0.05, 0) is 268 Å². The zero-order valence-corrected chi connectivity index (χ0v) is 72.8. The molecule has 0 amide bonds. The van der Waals surface area contributed by atoms with Gasteiger partial charge >= 0.3 is 0 Å². The Kier molecular flexibility index (Phi) is 18.5. The van der Waals surface area contributed by atoms with Crippen LogP contribution in [0, 0.1) is 0 Å². The van der Waals surface area contributed by atoms with Crippen molar-refractivity contribution in [3.8, 4) is 124 Å². The van der Waals surface area contributed by atoms with E-state index in [1.807, 2.05) is 24.3 Å². The molecule has 0 fully saturated rings.